The lowest BCUT2D eigenvalue weighted by Gasteiger charge is -2.02. The number of quaternary nitrogens is 1. The molecule has 0 saturated carbocycles. The van der Waals surface area contributed by atoms with Crippen molar-refractivity contribution in [3.05, 3.63) is 36.0 Å². The SMILES string of the molecule is COc1ccc2nc(/C=N/NC(=O)CC[NH3+])ccc2c1.Cl.[Cl-]. The molecule has 0 aliphatic rings. The van der Waals surface area contributed by atoms with Gasteiger partial charge in [-0.25, -0.2) is 10.4 Å². The fourth-order valence-corrected chi connectivity index (χ4v) is 1.71. The van der Waals surface area contributed by atoms with Crippen molar-refractivity contribution >= 4 is 35.4 Å². The first-order chi connectivity index (χ1) is 9.72. The van der Waals surface area contributed by atoms with E-state index < -0.39 is 0 Å². The highest BCUT2D eigenvalue weighted by Crippen LogP contribution is 2.19. The molecule has 22 heavy (non-hydrogen) atoms. The minimum Gasteiger partial charge on any atom is -1.00 e. The van der Waals surface area contributed by atoms with Crippen LogP contribution >= 0.6 is 12.4 Å². The van der Waals surface area contributed by atoms with Crippen molar-refractivity contribution in [1.29, 1.82) is 0 Å². The summed E-state index contributed by atoms with van der Waals surface area (Å²) in [4.78, 5) is 15.6. The van der Waals surface area contributed by atoms with E-state index >= 15 is 0 Å². The zero-order valence-electron chi connectivity index (χ0n) is 12.1. The van der Waals surface area contributed by atoms with Gasteiger partial charge in [-0.15, -0.1) is 12.4 Å². The molecule has 1 aromatic heterocycles. The third-order valence-electron chi connectivity index (χ3n) is 2.71. The van der Waals surface area contributed by atoms with E-state index in [1.807, 2.05) is 30.3 Å². The van der Waals surface area contributed by atoms with Crippen LogP contribution in [0.4, 0.5) is 0 Å². The van der Waals surface area contributed by atoms with Crippen LogP contribution in [0.25, 0.3) is 10.9 Å². The fourth-order valence-electron chi connectivity index (χ4n) is 1.71. The van der Waals surface area contributed by atoms with E-state index in [4.69, 9.17) is 4.74 Å². The van der Waals surface area contributed by atoms with Gasteiger partial charge in [0, 0.05) is 5.39 Å². The largest absolute Gasteiger partial charge is 1.00 e. The van der Waals surface area contributed by atoms with Crippen LogP contribution in [0.2, 0.25) is 0 Å². The number of hydrazone groups is 1. The Morgan fingerprint density at radius 2 is 2.18 bits per heavy atom. The maximum absolute atomic E-state index is 11.2. The normalized spacial score (nSPS) is 9.91. The number of methoxy groups -OCH3 is 1. The molecule has 4 N–H and O–H groups in total. The van der Waals surface area contributed by atoms with Gasteiger partial charge in [0.1, 0.15) is 5.75 Å². The predicted octanol–water partition coefficient (Wildman–Crippen LogP) is -2.25. The lowest BCUT2D eigenvalue weighted by atomic mass is 10.2. The van der Waals surface area contributed by atoms with Gasteiger partial charge in [-0.3, -0.25) is 4.79 Å². The van der Waals surface area contributed by atoms with Crippen molar-refractivity contribution in [1.82, 2.24) is 10.4 Å². The van der Waals surface area contributed by atoms with Gasteiger partial charge in [0.2, 0.25) is 5.91 Å². The smallest absolute Gasteiger partial charge is 0.245 e. The van der Waals surface area contributed by atoms with Gasteiger partial charge >= 0.3 is 0 Å². The summed E-state index contributed by atoms with van der Waals surface area (Å²) >= 11 is 0. The van der Waals surface area contributed by atoms with E-state index in [1.54, 1.807) is 7.11 Å². The number of aromatic nitrogens is 1. The molecule has 0 spiro atoms. The van der Waals surface area contributed by atoms with E-state index in [0.29, 0.717) is 18.7 Å². The Morgan fingerprint density at radius 3 is 2.86 bits per heavy atom. The summed E-state index contributed by atoms with van der Waals surface area (Å²) in [6.45, 7) is 0.553. The van der Waals surface area contributed by atoms with Crippen molar-refractivity contribution in [2.45, 2.75) is 6.42 Å². The highest BCUT2D eigenvalue weighted by molar-refractivity contribution is 5.86. The van der Waals surface area contributed by atoms with Crippen LogP contribution in [-0.2, 0) is 4.79 Å². The van der Waals surface area contributed by atoms with Crippen LogP contribution in [0.1, 0.15) is 12.1 Å². The van der Waals surface area contributed by atoms with E-state index in [0.717, 1.165) is 16.7 Å². The molecule has 0 fully saturated rings. The quantitative estimate of drug-likeness (QED) is 0.474. The first-order valence-electron chi connectivity index (χ1n) is 6.29. The summed E-state index contributed by atoms with van der Waals surface area (Å²) in [6.07, 6.45) is 1.88. The number of benzene rings is 1. The zero-order chi connectivity index (χ0) is 14.4. The summed E-state index contributed by atoms with van der Waals surface area (Å²) in [5.74, 6) is 0.642. The van der Waals surface area contributed by atoms with Crippen LogP contribution < -0.4 is 28.3 Å². The summed E-state index contributed by atoms with van der Waals surface area (Å²) in [7, 11) is 1.63. The highest BCUT2D eigenvalue weighted by Gasteiger charge is 2.00. The Kier molecular flexibility index (Phi) is 9.09. The van der Waals surface area contributed by atoms with Gasteiger partial charge in [-0.05, 0) is 24.3 Å². The molecule has 0 atom stereocenters. The number of amides is 1. The Balaban J connectivity index is 0.00000220. The number of rotatable bonds is 5. The number of carbonyl (C=O) groups excluding carboxylic acids is 1. The standard InChI is InChI=1S/C14H16N4O2.2ClH/c1-20-12-4-5-13-10(8-12)2-3-11(17-13)9-16-18-14(19)6-7-15;;/h2-5,8-9H,6-7,15H2,1H3,(H,18,19);2*1H/b16-9+;;. The predicted molar refractivity (Wildman–Crippen MR) is 83.7 cm³/mol. The number of hydrogen-bond acceptors (Lipinski definition) is 4. The number of halogens is 2. The van der Waals surface area contributed by atoms with Gasteiger partial charge in [-0.2, -0.15) is 5.10 Å². The first-order valence-corrected chi connectivity index (χ1v) is 6.29. The molecule has 1 heterocycles. The van der Waals surface area contributed by atoms with Crippen molar-refractivity contribution in [3.8, 4) is 5.75 Å². The van der Waals surface area contributed by atoms with Gasteiger partial charge in [0.25, 0.3) is 0 Å². The molecular weight excluding hydrogens is 327 g/mol. The summed E-state index contributed by atoms with van der Waals surface area (Å²) in [5, 5.41) is 4.85. The lowest BCUT2D eigenvalue weighted by Crippen LogP contribution is -3.00. The molecule has 0 radical (unpaired) electrons. The fraction of sp³-hybridized carbons (Fsp3) is 0.214. The Labute approximate surface area is 140 Å². The van der Waals surface area contributed by atoms with Gasteiger partial charge in [-0.1, -0.05) is 6.07 Å². The molecule has 1 amide bonds. The van der Waals surface area contributed by atoms with E-state index in [-0.39, 0.29) is 30.7 Å². The molecule has 0 aliphatic carbocycles. The van der Waals surface area contributed by atoms with Crippen LogP contribution in [-0.4, -0.2) is 30.8 Å². The van der Waals surface area contributed by atoms with E-state index in [2.05, 4.69) is 21.2 Å². The third kappa shape index (κ3) is 5.48. The molecule has 1 aromatic carbocycles. The van der Waals surface area contributed by atoms with E-state index in [9.17, 15) is 4.79 Å². The van der Waals surface area contributed by atoms with Crippen molar-refractivity contribution in [2.24, 2.45) is 5.10 Å². The number of ether oxygens (including phenoxy) is 1. The zero-order valence-corrected chi connectivity index (χ0v) is 13.7. The van der Waals surface area contributed by atoms with Gasteiger partial charge in [0.15, 0.2) is 0 Å². The van der Waals surface area contributed by atoms with Gasteiger partial charge in [0.05, 0.1) is 37.5 Å². The lowest BCUT2D eigenvalue weighted by molar-refractivity contribution is -0.366. The molecule has 8 heteroatoms. The molecule has 0 bridgehead atoms. The second kappa shape index (κ2) is 9.94. The monoisotopic (exact) mass is 344 g/mol. The van der Waals surface area contributed by atoms with Crippen LogP contribution in [0.15, 0.2) is 35.4 Å². The molecule has 0 saturated heterocycles. The average molecular weight is 345 g/mol. The number of nitrogens with one attached hydrogen (secondary N) is 1. The van der Waals surface area contributed by atoms with Crippen LogP contribution in [0.5, 0.6) is 5.75 Å². The summed E-state index contributed by atoms with van der Waals surface area (Å²) in [5.41, 5.74) is 7.56. The summed E-state index contributed by atoms with van der Waals surface area (Å²) in [6, 6.07) is 9.42. The van der Waals surface area contributed by atoms with Crippen molar-refractivity contribution < 1.29 is 27.7 Å². The molecule has 120 valence electrons. The topological polar surface area (TPSA) is 91.2 Å². The first kappa shape index (κ1) is 20.1. The number of nitrogens with zero attached hydrogens (tertiary/aromatic N) is 2. The third-order valence-corrected chi connectivity index (χ3v) is 2.71. The molecule has 2 rings (SSSR count). The maximum atomic E-state index is 11.2. The van der Waals surface area contributed by atoms with Crippen molar-refractivity contribution in [3.63, 3.8) is 0 Å². The minimum atomic E-state index is -0.151. The Morgan fingerprint density at radius 1 is 1.41 bits per heavy atom. The average Bonchev–Trinajstić information content (AvgIpc) is 2.47. The van der Waals surface area contributed by atoms with Crippen LogP contribution in [0.3, 0.4) is 0 Å². The summed E-state index contributed by atoms with van der Waals surface area (Å²) < 4.78 is 5.16. The highest BCUT2D eigenvalue weighted by atomic mass is 35.5. The number of fused-ring (bicyclic) bond motifs is 1. The minimum absolute atomic E-state index is 0. The number of pyridine rings is 1. The van der Waals surface area contributed by atoms with Gasteiger partial charge < -0.3 is 22.9 Å². The molecule has 6 nitrogen and oxygen atoms in total. The number of hydrogen-bond donors (Lipinski definition) is 2. The molecule has 2 aromatic rings. The maximum Gasteiger partial charge on any atom is 0.245 e. The second-order valence-electron chi connectivity index (χ2n) is 4.19. The Hall–Kier alpha value is -1.89. The van der Waals surface area contributed by atoms with Crippen LogP contribution in [0, 0.1) is 0 Å². The van der Waals surface area contributed by atoms with Crippen molar-refractivity contribution in [2.75, 3.05) is 13.7 Å². The molecule has 0 aliphatic heterocycles. The second-order valence-corrected chi connectivity index (χ2v) is 4.19. The Bertz CT molecular complexity index is 650. The molecule has 0 unspecified atom stereocenters. The van der Waals surface area contributed by atoms with E-state index in [1.165, 1.54) is 6.21 Å². The number of carbonyl (C=O) groups is 1. The molecular formula is C14H18Cl2N4O2.